The molecule has 0 bridgehead atoms. The molecule has 1 aromatic rings. The van der Waals surface area contributed by atoms with Crippen LogP contribution in [0.5, 0.6) is 5.75 Å². The van der Waals surface area contributed by atoms with Gasteiger partial charge >= 0.3 is 5.97 Å². The standard InChI is InChI=1S/C13H18O3/c1-4-5-11(13(14)15)16-12-8-9(2)6-7-10(12)3/h6-8,11H,4-5H2,1-3H3,(H,14,15)/t11-/m1/s1. The summed E-state index contributed by atoms with van der Waals surface area (Å²) in [7, 11) is 0. The molecule has 0 saturated heterocycles. The maximum absolute atomic E-state index is 11.0. The number of aliphatic carboxylic acids is 1. The fourth-order valence-electron chi connectivity index (χ4n) is 1.48. The SMILES string of the molecule is CCC[C@@H](Oc1cc(C)ccc1C)C(=O)O. The van der Waals surface area contributed by atoms with E-state index in [4.69, 9.17) is 9.84 Å². The molecule has 0 spiro atoms. The smallest absolute Gasteiger partial charge is 0.344 e. The lowest BCUT2D eigenvalue weighted by Gasteiger charge is -2.16. The molecular weight excluding hydrogens is 204 g/mol. The van der Waals surface area contributed by atoms with Gasteiger partial charge in [0.15, 0.2) is 6.10 Å². The van der Waals surface area contributed by atoms with Gasteiger partial charge in [0.25, 0.3) is 0 Å². The number of benzene rings is 1. The maximum atomic E-state index is 11.0. The van der Waals surface area contributed by atoms with Crippen molar-refractivity contribution in [2.45, 2.75) is 39.7 Å². The van der Waals surface area contributed by atoms with E-state index in [1.165, 1.54) is 0 Å². The van der Waals surface area contributed by atoms with E-state index >= 15 is 0 Å². The second-order valence-corrected chi connectivity index (χ2v) is 4.00. The van der Waals surface area contributed by atoms with Crippen LogP contribution in [0.15, 0.2) is 18.2 Å². The van der Waals surface area contributed by atoms with Gasteiger partial charge in [-0.15, -0.1) is 0 Å². The Bertz CT molecular complexity index is 371. The van der Waals surface area contributed by atoms with Gasteiger partial charge in [0.1, 0.15) is 5.75 Å². The number of carboxylic acid groups (broad SMARTS) is 1. The third-order valence-corrected chi connectivity index (χ3v) is 2.44. The van der Waals surface area contributed by atoms with Crippen LogP contribution in [0, 0.1) is 13.8 Å². The van der Waals surface area contributed by atoms with E-state index in [2.05, 4.69) is 0 Å². The Morgan fingerprint density at radius 1 is 1.44 bits per heavy atom. The number of rotatable bonds is 5. The third kappa shape index (κ3) is 3.26. The molecule has 1 N–H and O–H groups in total. The van der Waals surface area contributed by atoms with Gasteiger partial charge in [-0.3, -0.25) is 0 Å². The molecule has 0 unspecified atom stereocenters. The van der Waals surface area contributed by atoms with E-state index in [0.29, 0.717) is 12.2 Å². The summed E-state index contributed by atoms with van der Waals surface area (Å²) in [4.78, 5) is 11.0. The van der Waals surface area contributed by atoms with Crippen LogP contribution in [-0.4, -0.2) is 17.2 Å². The maximum Gasteiger partial charge on any atom is 0.344 e. The highest BCUT2D eigenvalue weighted by Gasteiger charge is 2.18. The minimum Gasteiger partial charge on any atom is -0.479 e. The Balaban J connectivity index is 2.84. The van der Waals surface area contributed by atoms with Crippen LogP contribution >= 0.6 is 0 Å². The Hall–Kier alpha value is -1.51. The minimum atomic E-state index is -0.900. The van der Waals surface area contributed by atoms with E-state index in [0.717, 1.165) is 17.5 Å². The Kier molecular flexibility index (Phi) is 4.35. The monoisotopic (exact) mass is 222 g/mol. The van der Waals surface area contributed by atoms with Crippen LogP contribution < -0.4 is 4.74 Å². The van der Waals surface area contributed by atoms with Crippen LogP contribution in [0.4, 0.5) is 0 Å². The molecule has 3 nitrogen and oxygen atoms in total. The molecule has 88 valence electrons. The molecule has 1 atom stereocenters. The van der Waals surface area contributed by atoms with E-state index in [9.17, 15) is 4.79 Å². The van der Waals surface area contributed by atoms with Crippen LogP contribution in [-0.2, 0) is 4.79 Å². The lowest BCUT2D eigenvalue weighted by atomic mass is 10.1. The van der Waals surface area contributed by atoms with Gasteiger partial charge in [0.05, 0.1) is 0 Å². The average molecular weight is 222 g/mol. The van der Waals surface area contributed by atoms with Gasteiger partial charge in [-0.2, -0.15) is 0 Å². The molecule has 0 radical (unpaired) electrons. The van der Waals surface area contributed by atoms with Gasteiger partial charge in [-0.25, -0.2) is 4.79 Å². The first-order valence-corrected chi connectivity index (χ1v) is 5.51. The first-order valence-electron chi connectivity index (χ1n) is 5.51. The van der Waals surface area contributed by atoms with Gasteiger partial charge in [-0.05, 0) is 37.5 Å². The van der Waals surface area contributed by atoms with Crippen molar-refractivity contribution in [1.29, 1.82) is 0 Å². The zero-order valence-electron chi connectivity index (χ0n) is 9.99. The fraction of sp³-hybridized carbons (Fsp3) is 0.462. The Morgan fingerprint density at radius 2 is 2.12 bits per heavy atom. The topological polar surface area (TPSA) is 46.5 Å². The second-order valence-electron chi connectivity index (χ2n) is 4.00. The first-order chi connectivity index (χ1) is 7.54. The number of aryl methyl sites for hydroxylation is 2. The van der Waals surface area contributed by atoms with Crippen molar-refractivity contribution < 1.29 is 14.6 Å². The quantitative estimate of drug-likeness (QED) is 0.833. The first kappa shape index (κ1) is 12.6. The molecule has 0 fully saturated rings. The van der Waals surface area contributed by atoms with Gasteiger partial charge in [0, 0.05) is 0 Å². The molecule has 0 aromatic heterocycles. The largest absolute Gasteiger partial charge is 0.479 e. The molecule has 1 aromatic carbocycles. The lowest BCUT2D eigenvalue weighted by Crippen LogP contribution is -2.27. The van der Waals surface area contributed by atoms with Crippen molar-refractivity contribution >= 4 is 5.97 Å². The summed E-state index contributed by atoms with van der Waals surface area (Å²) in [6.07, 6.45) is 0.579. The van der Waals surface area contributed by atoms with Crippen molar-refractivity contribution in [1.82, 2.24) is 0 Å². The predicted octanol–water partition coefficient (Wildman–Crippen LogP) is 2.94. The van der Waals surface area contributed by atoms with E-state index in [1.54, 1.807) is 0 Å². The third-order valence-electron chi connectivity index (χ3n) is 2.44. The van der Waals surface area contributed by atoms with Crippen molar-refractivity contribution in [3.63, 3.8) is 0 Å². The molecule has 0 aliphatic rings. The summed E-state index contributed by atoms with van der Waals surface area (Å²) in [5.74, 6) is -0.233. The normalized spacial score (nSPS) is 12.2. The molecule has 3 heteroatoms. The number of carbonyl (C=O) groups is 1. The zero-order chi connectivity index (χ0) is 12.1. The number of hydrogen-bond acceptors (Lipinski definition) is 2. The number of carboxylic acids is 1. The number of ether oxygens (including phenoxy) is 1. The van der Waals surface area contributed by atoms with Crippen LogP contribution in [0.2, 0.25) is 0 Å². The minimum absolute atomic E-state index is 0.530. The van der Waals surface area contributed by atoms with Crippen molar-refractivity contribution in [2.75, 3.05) is 0 Å². The highest BCUT2D eigenvalue weighted by molar-refractivity contribution is 5.72. The van der Waals surface area contributed by atoms with Gasteiger partial charge in [-0.1, -0.05) is 25.5 Å². The fourth-order valence-corrected chi connectivity index (χ4v) is 1.48. The zero-order valence-corrected chi connectivity index (χ0v) is 9.99. The second kappa shape index (κ2) is 5.54. The highest BCUT2D eigenvalue weighted by Crippen LogP contribution is 2.21. The molecule has 0 heterocycles. The summed E-state index contributed by atoms with van der Waals surface area (Å²) in [6.45, 7) is 5.82. The Morgan fingerprint density at radius 3 is 2.69 bits per heavy atom. The summed E-state index contributed by atoms with van der Waals surface area (Å²) < 4.78 is 5.53. The molecule has 0 aliphatic heterocycles. The van der Waals surface area contributed by atoms with E-state index < -0.39 is 12.1 Å². The van der Waals surface area contributed by atoms with Crippen molar-refractivity contribution in [3.8, 4) is 5.75 Å². The average Bonchev–Trinajstić information content (AvgIpc) is 2.22. The molecule has 0 saturated carbocycles. The van der Waals surface area contributed by atoms with E-state index in [-0.39, 0.29) is 0 Å². The molecule has 0 amide bonds. The van der Waals surface area contributed by atoms with Crippen LogP contribution in [0.1, 0.15) is 30.9 Å². The van der Waals surface area contributed by atoms with Crippen LogP contribution in [0.3, 0.4) is 0 Å². The number of hydrogen-bond donors (Lipinski definition) is 1. The van der Waals surface area contributed by atoms with Gasteiger partial charge < -0.3 is 9.84 Å². The predicted molar refractivity (Wildman–Crippen MR) is 62.9 cm³/mol. The van der Waals surface area contributed by atoms with E-state index in [1.807, 2.05) is 39.0 Å². The van der Waals surface area contributed by atoms with Crippen molar-refractivity contribution in [3.05, 3.63) is 29.3 Å². The summed E-state index contributed by atoms with van der Waals surface area (Å²) in [5.41, 5.74) is 2.04. The molecule has 0 aliphatic carbocycles. The highest BCUT2D eigenvalue weighted by atomic mass is 16.5. The van der Waals surface area contributed by atoms with Gasteiger partial charge in [0.2, 0.25) is 0 Å². The molecule has 1 rings (SSSR count). The summed E-state index contributed by atoms with van der Waals surface area (Å²) in [6, 6.07) is 5.80. The lowest BCUT2D eigenvalue weighted by molar-refractivity contribution is -0.145. The Labute approximate surface area is 96.1 Å². The summed E-state index contributed by atoms with van der Waals surface area (Å²) >= 11 is 0. The molecular formula is C13H18O3. The summed E-state index contributed by atoms with van der Waals surface area (Å²) in [5, 5.41) is 9.00. The van der Waals surface area contributed by atoms with Crippen molar-refractivity contribution in [2.24, 2.45) is 0 Å². The molecule has 16 heavy (non-hydrogen) atoms. The van der Waals surface area contributed by atoms with Crippen LogP contribution in [0.25, 0.3) is 0 Å².